The van der Waals surface area contributed by atoms with Crippen LogP contribution in [-0.4, -0.2) is 65.2 Å². The average Bonchev–Trinajstić information content (AvgIpc) is 2.74. The van der Waals surface area contributed by atoms with E-state index in [1.807, 2.05) is 0 Å². The van der Waals surface area contributed by atoms with Crippen LogP contribution in [0.15, 0.2) is 60.7 Å². The third-order valence-electron chi connectivity index (χ3n) is 6.77. The van der Waals surface area contributed by atoms with E-state index in [0.29, 0.717) is 0 Å². The van der Waals surface area contributed by atoms with E-state index >= 15 is 0 Å². The van der Waals surface area contributed by atoms with Crippen molar-refractivity contribution in [1.29, 1.82) is 0 Å². The first-order chi connectivity index (χ1) is 14.5. The van der Waals surface area contributed by atoms with Crippen LogP contribution in [0, 0.1) is 0 Å². The van der Waals surface area contributed by atoms with E-state index in [9.17, 15) is 0 Å². The number of rotatable bonds is 0. The zero-order valence-electron chi connectivity index (χ0n) is 16.1. The molecule has 4 heteroatoms. The first kappa shape index (κ1) is 18.3. The molecule has 0 aromatic heterocycles. The molecule has 0 fully saturated rings. The summed E-state index contributed by atoms with van der Waals surface area (Å²) in [6.07, 6.45) is 0. The van der Waals surface area contributed by atoms with Crippen molar-refractivity contribution in [2.75, 3.05) is 0 Å². The first-order valence-electron chi connectivity index (χ1n) is 9.95. The molecule has 126 valence electrons. The van der Waals surface area contributed by atoms with Crippen molar-refractivity contribution in [3.8, 4) is 0 Å². The SMILES string of the molecule is [Al][c]1c[c]([Al])c2ccc3c4ccc5[c]([Al])c[c]([Al])c6ccc(c7ccc1c2c73)c4c65. The summed E-state index contributed by atoms with van der Waals surface area (Å²) in [6, 6.07) is 23.0. The van der Waals surface area contributed by atoms with Gasteiger partial charge in [-0.1, -0.05) is 60.7 Å². The zero-order chi connectivity index (χ0) is 20.3. The van der Waals surface area contributed by atoms with E-state index in [2.05, 4.69) is 126 Å². The highest BCUT2D eigenvalue weighted by Crippen LogP contribution is 2.44. The maximum absolute atomic E-state index is 2.93. The van der Waals surface area contributed by atoms with Gasteiger partial charge in [0.15, 0.2) is 65.2 Å². The Bertz CT molecular complexity index is 1570. The van der Waals surface area contributed by atoms with E-state index in [0.717, 1.165) is 0 Å². The Kier molecular flexibility index (Phi) is 3.77. The van der Waals surface area contributed by atoms with Gasteiger partial charge in [0.25, 0.3) is 0 Å². The molecule has 0 aliphatic carbocycles. The molecular weight excluding hydrogens is 420 g/mol. The number of benzene rings is 7. The summed E-state index contributed by atoms with van der Waals surface area (Å²) < 4.78 is 5.03. The van der Waals surface area contributed by atoms with Crippen LogP contribution in [0.3, 0.4) is 0 Å². The summed E-state index contributed by atoms with van der Waals surface area (Å²) in [6.45, 7) is 0. The molecular formula is C26H10Al4. The quantitative estimate of drug-likeness (QED) is 0.197. The lowest BCUT2D eigenvalue weighted by Crippen LogP contribution is -2.16. The molecule has 0 spiro atoms. The van der Waals surface area contributed by atoms with Crippen molar-refractivity contribution in [3.63, 3.8) is 0 Å². The zero-order valence-corrected chi connectivity index (χ0v) is 20.7. The Balaban J connectivity index is 1.89. The molecule has 7 rings (SSSR count). The van der Waals surface area contributed by atoms with Crippen molar-refractivity contribution in [2.24, 2.45) is 0 Å². The van der Waals surface area contributed by atoms with Gasteiger partial charge in [-0.15, -0.1) is 17.7 Å². The largest absolute Gasteiger partial charge is 0.176 e. The van der Waals surface area contributed by atoms with Crippen LogP contribution in [0.1, 0.15) is 0 Å². The summed E-state index contributed by atoms with van der Waals surface area (Å²) in [5, 5.41) is 16.2. The number of hydrogen-bond acceptors (Lipinski definition) is 0. The monoisotopic (exact) mass is 430 g/mol. The number of fused-ring (bicyclic) bond motifs is 2. The fraction of sp³-hybridized carbons (Fsp3) is 0. The van der Waals surface area contributed by atoms with E-state index < -0.39 is 0 Å². The maximum Gasteiger partial charge on any atom is 0.176 e. The Morgan fingerprint density at radius 2 is 0.500 bits per heavy atom. The van der Waals surface area contributed by atoms with Gasteiger partial charge in [0, 0.05) is 0 Å². The fourth-order valence-electron chi connectivity index (χ4n) is 5.50. The van der Waals surface area contributed by atoms with Crippen LogP contribution in [-0.2, 0) is 0 Å². The van der Waals surface area contributed by atoms with Gasteiger partial charge in [-0.25, -0.2) is 0 Å². The van der Waals surface area contributed by atoms with E-state index in [1.165, 1.54) is 82.3 Å². The Morgan fingerprint density at radius 3 is 0.767 bits per heavy atom. The minimum atomic E-state index is 1.26. The number of hydrogen-bond donors (Lipinski definition) is 0. The highest BCUT2D eigenvalue weighted by Gasteiger charge is 2.18. The van der Waals surface area contributed by atoms with Gasteiger partial charge < -0.3 is 0 Å². The molecule has 7 aromatic carbocycles. The van der Waals surface area contributed by atoms with E-state index in [-0.39, 0.29) is 0 Å². The Morgan fingerprint density at radius 1 is 0.300 bits per heavy atom. The van der Waals surface area contributed by atoms with Crippen LogP contribution in [0.4, 0.5) is 0 Å². The molecule has 0 saturated carbocycles. The predicted octanol–water partition coefficient (Wildman–Crippen LogP) is 2.66. The van der Waals surface area contributed by atoms with Crippen LogP contribution >= 0.6 is 0 Å². The topological polar surface area (TPSA) is 0 Å². The van der Waals surface area contributed by atoms with Crippen molar-refractivity contribution in [1.82, 2.24) is 0 Å². The molecule has 30 heavy (non-hydrogen) atoms. The third kappa shape index (κ3) is 2.15. The van der Waals surface area contributed by atoms with E-state index in [1.54, 1.807) is 0 Å². The third-order valence-corrected chi connectivity index (χ3v) is 8.68. The summed E-state index contributed by atoms with van der Waals surface area (Å²) in [5.74, 6) is 0. The molecule has 0 aliphatic heterocycles. The van der Waals surface area contributed by atoms with Gasteiger partial charge in [-0.3, -0.25) is 0 Å². The van der Waals surface area contributed by atoms with Gasteiger partial charge in [-0.05, 0) is 64.6 Å². The van der Waals surface area contributed by atoms with Gasteiger partial charge in [0.2, 0.25) is 0 Å². The molecule has 0 bridgehead atoms. The van der Waals surface area contributed by atoms with Crippen molar-refractivity contribution < 1.29 is 0 Å². The molecule has 0 saturated heterocycles. The highest BCUT2D eigenvalue weighted by atomic mass is 27.1. The second kappa shape index (κ2) is 6.17. The summed E-state index contributed by atoms with van der Waals surface area (Å²) in [5.41, 5.74) is 0. The lowest BCUT2D eigenvalue weighted by molar-refractivity contribution is 1.85. The molecule has 0 atom stereocenters. The summed E-state index contributed by atoms with van der Waals surface area (Å²) in [7, 11) is 0. The van der Waals surface area contributed by atoms with Crippen LogP contribution in [0.5, 0.6) is 0 Å². The molecule has 0 heterocycles. The Hall–Kier alpha value is -1.25. The smallest absolute Gasteiger partial charge is 0.132 e. The maximum atomic E-state index is 2.93. The van der Waals surface area contributed by atoms with Crippen molar-refractivity contribution in [3.05, 3.63) is 60.7 Å². The molecule has 8 radical (unpaired) electrons. The standard InChI is InChI=1S/C26H10.4Al/c1-3-15-7-11-19-21-13-9-17-5-2-6-18-10-14-22(26(21)24(17)18)20-12-8-16(4-1)23(15)25(19)20;;;;/h1-2,7-14H;;;;. The van der Waals surface area contributed by atoms with Gasteiger partial charge in [0.1, 0.15) is 0 Å². The van der Waals surface area contributed by atoms with Crippen molar-refractivity contribution in [2.45, 2.75) is 0 Å². The van der Waals surface area contributed by atoms with Gasteiger partial charge in [0.05, 0.1) is 0 Å². The van der Waals surface area contributed by atoms with Crippen molar-refractivity contribution >= 4 is 147 Å². The molecule has 0 amide bonds. The lowest BCUT2D eigenvalue weighted by atomic mass is 9.85. The molecule has 0 nitrogen and oxygen atoms in total. The average molecular weight is 430 g/mol. The molecule has 0 aliphatic rings. The highest BCUT2D eigenvalue weighted by molar-refractivity contribution is 6.53. The first-order valence-corrected chi connectivity index (χ1v) is 12.3. The van der Waals surface area contributed by atoms with Gasteiger partial charge in [-0.2, -0.15) is 0 Å². The lowest BCUT2D eigenvalue weighted by Gasteiger charge is -2.21. The molecule has 0 unspecified atom stereocenters. The summed E-state index contributed by atoms with van der Waals surface area (Å²) in [4.78, 5) is 0. The fourth-order valence-corrected chi connectivity index (χ4v) is 7.56. The minimum absolute atomic E-state index is 1.26. The molecule has 0 N–H and O–H groups in total. The summed E-state index contributed by atoms with van der Waals surface area (Å²) >= 11 is 11.7. The van der Waals surface area contributed by atoms with Gasteiger partial charge >= 0.3 is 0 Å². The van der Waals surface area contributed by atoms with E-state index in [4.69, 9.17) is 0 Å². The minimum Gasteiger partial charge on any atom is -0.132 e. The van der Waals surface area contributed by atoms with Crippen LogP contribution in [0.2, 0.25) is 0 Å². The predicted molar refractivity (Wildman–Crippen MR) is 135 cm³/mol. The van der Waals surface area contributed by atoms with Crippen LogP contribution < -0.4 is 17.7 Å². The van der Waals surface area contributed by atoms with Crippen LogP contribution in [0.25, 0.3) is 64.6 Å². The second-order valence-corrected chi connectivity index (χ2v) is 10.7. The Labute approximate surface area is 206 Å². The molecule has 7 aromatic rings. The second-order valence-electron chi connectivity index (χ2n) is 8.25. The normalized spacial score (nSPS) is 12.5.